The summed E-state index contributed by atoms with van der Waals surface area (Å²) in [6, 6.07) is 9.31. The van der Waals surface area contributed by atoms with Gasteiger partial charge in [-0.25, -0.2) is 4.79 Å². The fourth-order valence-corrected chi connectivity index (χ4v) is 2.53. The van der Waals surface area contributed by atoms with E-state index in [1.54, 1.807) is 18.2 Å². The summed E-state index contributed by atoms with van der Waals surface area (Å²) in [6.45, 7) is 0.691. The number of carbonyl (C=O) groups is 2. The molecule has 25 heavy (non-hydrogen) atoms. The van der Waals surface area contributed by atoms with Gasteiger partial charge in [-0.15, -0.1) is 0 Å². The zero-order valence-corrected chi connectivity index (χ0v) is 14.0. The van der Waals surface area contributed by atoms with Gasteiger partial charge in [0.05, 0.1) is 18.8 Å². The number of carbonyl (C=O) groups excluding carboxylic acids is 2. The Balaban J connectivity index is 1.66. The summed E-state index contributed by atoms with van der Waals surface area (Å²) in [5.74, 6) is 0.0741. The molecule has 0 aliphatic carbocycles. The van der Waals surface area contributed by atoms with E-state index in [1.165, 1.54) is 18.2 Å². The number of ketones is 1. The topological polar surface area (TPSA) is 87.9 Å². The molecular weight excluding hydrogens is 346 g/mol. The van der Waals surface area contributed by atoms with Gasteiger partial charge in [0.1, 0.15) is 0 Å². The second kappa shape index (κ2) is 7.44. The van der Waals surface area contributed by atoms with Gasteiger partial charge in [-0.2, -0.15) is 0 Å². The molecule has 0 unspecified atom stereocenters. The van der Waals surface area contributed by atoms with Gasteiger partial charge in [0.25, 0.3) is 0 Å². The van der Waals surface area contributed by atoms with E-state index >= 15 is 0 Å². The minimum atomic E-state index is -0.683. The Kier molecular flexibility index (Phi) is 5.09. The maximum absolute atomic E-state index is 12.3. The van der Waals surface area contributed by atoms with Crippen molar-refractivity contribution in [2.45, 2.75) is 6.42 Å². The summed E-state index contributed by atoms with van der Waals surface area (Å²) in [7, 11) is 0. The Morgan fingerprint density at radius 1 is 1.08 bits per heavy atom. The fourth-order valence-electron chi connectivity index (χ4n) is 2.35. The number of hydrogen-bond donors (Lipinski definition) is 1. The van der Waals surface area contributed by atoms with Gasteiger partial charge in [-0.3, -0.25) is 4.79 Å². The molecule has 2 aromatic carbocycles. The van der Waals surface area contributed by atoms with Crippen molar-refractivity contribution in [1.82, 2.24) is 0 Å². The Bertz CT molecular complexity index is 821. The highest BCUT2D eigenvalue weighted by Crippen LogP contribution is 2.30. The third-order valence-electron chi connectivity index (χ3n) is 3.64. The van der Waals surface area contributed by atoms with Crippen LogP contribution in [0, 0.1) is 0 Å². The molecule has 0 spiro atoms. The molecule has 7 heteroatoms. The molecule has 1 aliphatic rings. The minimum absolute atomic E-state index is 0.163. The molecule has 130 valence electrons. The molecule has 0 saturated carbocycles. The number of nitrogens with two attached hydrogens (primary N) is 1. The van der Waals surface area contributed by atoms with Crippen LogP contribution in [-0.2, 0) is 4.74 Å². The first kappa shape index (κ1) is 17.1. The van der Waals surface area contributed by atoms with Crippen LogP contribution in [-0.4, -0.2) is 31.6 Å². The predicted molar refractivity (Wildman–Crippen MR) is 92.5 cm³/mol. The quantitative estimate of drug-likeness (QED) is 0.511. The number of fused-ring (bicyclic) bond motifs is 1. The maximum atomic E-state index is 12.3. The molecule has 2 aromatic rings. The number of rotatable bonds is 4. The standard InChI is InChI=1S/C18H16ClNO5/c19-12-3-4-13(14(20)9-12)18(22)25-10-15(21)11-2-5-16-17(8-11)24-7-1-6-23-16/h2-5,8-9H,1,6-7,10,20H2. The Morgan fingerprint density at radius 3 is 2.60 bits per heavy atom. The molecule has 0 bridgehead atoms. The van der Waals surface area contributed by atoms with Gasteiger partial charge in [0.15, 0.2) is 23.9 Å². The summed E-state index contributed by atoms with van der Waals surface area (Å²) in [6.07, 6.45) is 0.776. The van der Waals surface area contributed by atoms with Crippen LogP contribution >= 0.6 is 11.6 Å². The zero-order chi connectivity index (χ0) is 17.8. The van der Waals surface area contributed by atoms with Gasteiger partial charge >= 0.3 is 5.97 Å². The molecule has 0 fully saturated rings. The lowest BCUT2D eigenvalue weighted by Crippen LogP contribution is -2.15. The van der Waals surface area contributed by atoms with Crippen molar-refractivity contribution in [2.24, 2.45) is 0 Å². The van der Waals surface area contributed by atoms with Crippen molar-refractivity contribution >= 4 is 29.0 Å². The maximum Gasteiger partial charge on any atom is 0.340 e. The van der Waals surface area contributed by atoms with E-state index < -0.39 is 12.6 Å². The van der Waals surface area contributed by atoms with Crippen molar-refractivity contribution in [1.29, 1.82) is 0 Å². The summed E-state index contributed by atoms with van der Waals surface area (Å²) >= 11 is 5.79. The molecule has 0 radical (unpaired) electrons. The molecule has 0 aromatic heterocycles. The number of esters is 1. The van der Waals surface area contributed by atoms with E-state index in [4.69, 9.17) is 31.5 Å². The SMILES string of the molecule is Nc1cc(Cl)ccc1C(=O)OCC(=O)c1ccc2c(c1)OCCCO2. The first-order chi connectivity index (χ1) is 12.0. The third-order valence-corrected chi connectivity index (χ3v) is 3.87. The molecule has 1 heterocycles. The van der Waals surface area contributed by atoms with Crippen LogP contribution in [0.5, 0.6) is 11.5 Å². The van der Waals surface area contributed by atoms with Crippen LogP contribution in [0.4, 0.5) is 5.69 Å². The minimum Gasteiger partial charge on any atom is -0.490 e. The van der Waals surface area contributed by atoms with Gasteiger partial charge in [0, 0.05) is 22.7 Å². The van der Waals surface area contributed by atoms with Crippen LogP contribution in [0.25, 0.3) is 0 Å². The van der Waals surface area contributed by atoms with Crippen LogP contribution in [0.2, 0.25) is 5.02 Å². The number of nitrogen functional groups attached to an aromatic ring is 1. The number of benzene rings is 2. The van der Waals surface area contributed by atoms with Crippen LogP contribution in [0.1, 0.15) is 27.1 Å². The van der Waals surface area contributed by atoms with E-state index in [2.05, 4.69) is 0 Å². The van der Waals surface area contributed by atoms with Crippen molar-refractivity contribution < 1.29 is 23.8 Å². The number of Topliss-reactive ketones (excluding diaryl/α,β-unsaturated/α-hetero) is 1. The van der Waals surface area contributed by atoms with Crippen molar-refractivity contribution in [3.8, 4) is 11.5 Å². The molecule has 2 N–H and O–H groups in total. The van der Waals surface area contributed by atoms with Crippen molar-refractivity contribution in [3.63, 3.8) is 0 Å². The summed E-state index contributed by atoms with van der Waals surface area (Å²) in [5.41, 5.74) is 6.46. The summed E-state index contributed by atoms with van der Waals surface area (Å²) in [4.78, 5) is 24.3. The Labute approximate surface area is 149 Å². The lowest BCUT2D eigenvalue weighted by atomic mass is 10.1. The van der Waals surface area contributed by atoms with E-state index in [0.29, 0.717) is 35.3 Å². The fraction of sp³-hybridized carbons (Fsp3) is 0.222. The second-order valence-electron chi connectivity index (χ2n) is 5.44. The van der Waals surface area contributed by atoms with Crippen LogP contribution < -0.4 is 15.2 Å². The average molecular weight is 362 g/mol. The second-order valence-corrected chi connectivity index (χ2v) is 5.88. The number of halogens is 1. The molecule has 0 atom stereocenters. The molecular formula is C18H16ClNO5. The van der Waals surface area contributed by atoms with E-state index in [0.717, 1.165) is 6.42 Å². The van der Waals surface area contributed by atoms with Gasteiger partial charge in [-0.05, 0) is 36.4 Å². The first-order valence-electron chi connectivity index (χ1n) is 7.69. The third kappa shape index (κ3) is 4.03. The predicted octanol–water partition coefficient (Wildman–Crippen LogP) is 3.12. The van der Waals surface area contributed by atoms with Crippen molar-refractivity contribution in [2.75, 3.05) is 25.6 Å². The highest BCUT2D eigenvalue weighted by molar-refractivity contribution is 6.31. The Hall–Kier alpha value is -2.73. The van der Waals surface area contributed by atoms with Crippen LogP contribution in [0.15, 0.2) is 36.4 Å². The first-order valence-corrected chi connectivity index (χ1v) is 8.07. The summed E-state index contributed by atoms with van der Waals surface area (Å²) < 4.78 is 16.1. The van der Waals surface area contributed by atoms with Crippen molar-refractivity contribution in [3.05, 3.63) is 52.5 Å². The average Bonchev–Trinajstić information content (AvgIpc) is 2.84. The monoisotopic (exact) mass is 361 g/mol. The van der Waals surface area contributed by atoms with E-state index in [9.17, 15) is 9.59 Å². The zero-order valence-electron chi connectivity index (χ0n) is 13.3. The lowest BCUT2D eigenvalue weighted by molar-refractivity contribution is 0.0475. The van der Waals surface area contributed by atoms with E-state index in [-0.39, 0.29) is 17.0 Å². The smallest absolute Gasteiger partial charge is 0.340 e. The molecule has 0 amide bonds. The summed E-state index contributed by atoms with van der Waals surface area (Å²) in [5, 5.41) is 0.414. The number of anilines is 1. The Morgan fingerprint density at radius 2 is 1.84 bits per heavy atom. The molecule has 1 aliphatic heterocycles. The molecule has 3 rings (SSSR count). The number of hydrogen-bond acceptors (Lipinski definition) is 6. The van der Waals surface area contributed by atoms with Gasteiger partial charge in [-0.1, -0.05) is 11.6 Å². The van der Waals surface area contributed by atoms with Crippen LogP contribution in [0.3, 0.4) is 0 Å². The highest BCUT2D eigenvalue weighted by atomic mass is 35.5. The normalized spacial score (nSPS) is 13.0. The van der Waals surface area contributed by atoms with E-state index in [1.807, 2.05) is 0 Å². The number of ether oxygens (including phenoxy) is 3. The lowest BCUT2D eigenvalue weighted by Gasteiger charge is -2.10. The largest absolute Gasteiger partial charge is 0.490 e. The highest BCUT2D eigenvalue weighted by Gasteiger charge is 2.17. The van der Waals surface area contributed by atoms with Gasteiger partial charge < -0.3 is 19.9 Å². The molecule has 0 saturated heterocycles. The van der Waals surface area contributed by atoms with Gasteiger partial charge in [0.2, 0.25) is 0 Å². The molecule has 6 nitrogen and oxygen atoms in total.